The number of hydrogen-bond acceptors (Lipinski definition) is 5. The quantitative estimate of drug-likeness (QED) is 0.631. The summed E-state index contributed by atoms with van der Waals surface area (Å²) in [6.07, 6.45) is 5.43. The number of nitrogens with zero attached hydrogens (tertiary/aromatic N) is 3. The molecule has 0 spiro atoms. The van der Waals surface area contributed by atoms with Crippen LogP contribution in [0.4, 0.5) is 5.69 Å². The van der Waals surface area contributed by atoms with Crippen molar-refractivity contribution < 1.29 is 19.4 Å². The average Bonchev–Trinajstić information content (AvgIpc) is 2.92. The molecule has 7 heteroatoms. The van der Waals surface area contributed by atoms with E-state index in [1.165, 1.54) is 0 Å². The minimum atomic E-state index is -0.896. The summed E-state index contributed by atoms with van der Waals surface area (Å²) in [6, 6.07) is 0.0444. The Kier molecular flexibility index (Phi) is 5.64. The van der Waals surface area contributed by atoms with Gasteiger partial charge in [0.1, 0.15) is 5.92 Å². The molecule has 2 rings (SSSR count). The topological polar surface area (TPSA) is 84.7 Å². The molecular formula is C17H27N3O4. The highest BCUT2D eigenvalue weighted by atomic mass is 16.5. The molecule has 7 nitrogen and oxygen atoms in total. The normalized spacial score (nSPS) is 21.9. The van der Waals surface area contributed by atoms with Crippen LogP contribution in [0.25, 0.3) is 0 Å². The number of carbonyl (C=O) groups is 2. The van der Waals surface area contributed by atoms with Crippen molar-refractivity contribution in [2.45, 2.75) is 65.1 Å². The number of hydrogen-bond donors (Lipinski definition) is 1. The molecule has 1 amide bonds. The molecule has 0 aromatic carbocycles. The van der Waals surface area contributed by atoms with Crippen LogP contribution in [-0.2, 0) is 20.9 Å². The maximum atomic E-state index is 12.8. The van der Waals surface area contributed by atoms with Gasteiger partial charge in [-0.25, -0.2) is 0 Å². The number of carbonyl (C=O) groups excluding carboxylic acids is 2. The molecule has 0 aliphatic carbocycles. The smallest absolute Gasteiger partial charge is 0.318 e. The van der Waals surface area contributed by atoms with Crippen LogP contribution in [0.15, 0.2) is 12.4 Å². The van der Waals surface area contributed by atoms with E-state index in [1.807, 2.05) is 6.92 Å². The van der Waals surface area contributed by atoms with Gasteiger partial charge in [0.05, 0.1) is 30.6 Å². The average molecular weight is 337 g/mol. The van der Waals surface area contributed by atoms with E-state index in [0.29, 0.717) is 18.7 Å². The first-order valence-electron chi connectivity index (χ1n) is 8.51. The maximum absolute atomic E-state index is 12.8. The lowest BCUT2D eigenvalue weighted by atomic mass is 9.90. The fourth-order valence-corrected chi connectivity index (χ4v) is 3.11. The van der Waals surface area contributed by atoms with Gasteiger partial charge in [-0.3, -0.25) is 14.3 Å². The first kappa shape index (κ1) is 18.4. The van der Waals surface area contributed by atoms with E-state index in [4.69, 9.17) is 4.74 Å². The van der Waals surface area contributed by atoms with Gasteiger partial charge < -0.3 is 14.7 Å². The van der Waals surface area contributed by atoms with Crippen LogP contribution in [0.2, 0.25) is 0 Å². The van der Waals surface area contributed by atoms with Gasteiger partial charge in [0.2, 0.25) is 5.91 Å². The highest BCUT2D eigenvalue weighted by Gasteiger charge is 2.40. The lowest BCUT2D eigenvalue weighted by molar-refractivity contribution is -0.152. The van der Waals surface area contributed by atoms with Gasteiger partial charge in [0, 0.05) is 12.2 Å². The van der Waals surface area contributed by atoms with Crippen LogP contribution < -0.4 is 4.90 Å². The third kappa shape index (κ3) is 4.14. The predicted molar refractivity (Wildman–Crippen MR) is 89.4 cm³/mol. The first-order valence-corrected chi connectivity index (χ1v) is 8.51. The lowest BCUT2D eigenvalue weighted by Crippen LogP contribution is -2.50. The summed E-state index contributed by atoms with van der Waals surface area (Å²) in [5, 5.41) is 14.1. The van der Waals surface area contributed by atoms with Gasteiger partial charge in [-0.15, -0.1) is 0 Å². The molecule has 1 aromatic heterocycles. The summed E-state index contributed by atoms with van der Waals surface area (Å²) < 4.78 is 6.65. The van der Waals surface area contributed by atoms with Crippen LogP contribution >= 0.6 is 0 Å². The first-order chi connectivity index (χ1) is 11.3. The second-order valence-electron chi connectivity index (χ2n) is 6.86. The van der Waals surface area contributed by atoms with Crippen molar-refractivity contribution in [3.63, 3.8) is 0 Å². The molecule has 24 heavy (non-hydrogen) atoms. The van der Waals surface area contributed by atoms with Crippen molar-refractivity contribution in [2.24, 2.45) is 5.92 Å². The number of esters is 1. The van der Waals surface area contributed by atoms with Crippen LogP contribution in [0.1, 0.15) is 47.0 Å². The van der Waals surface area contributed by atoms with E-state index < -0.39 is 17.5 Å². The summed E-state index contributed by atoms with van der Waals surface area (Å²) in [4.78, 5) is 26.6. The third-order valence-corrected chi connectivity index (χ3v) is 4.18. The SMILES string of the molecule is CCOC(=O)C1CCC(CC)N(c2cnn(CC(C)(C)O)c2)C1=O. The number of piperidine rings is 1. The molecule has 0 saturated carbocycles. The molecular weight excluding hydrogens is 310 g/mol. The highest BCUT2D eigenvalue weighted by molar-refractivity contribution is 6.07. The number of aromatic nitrogens is 2. The Labute approximate surface area is 142 Å². The van der Waals surface area contributed by atoms with Gasteiger partial charge >= 0.3 is 5.97 Å². The van der Waals surface area contributed by atoms with E-state index in [-0.39, 0.29) is 18.6 Å². The number of ether oxygens (including phenoxy) is 1. The molecule has 0 bridgehead atoms. The zero-order chi connectivity index (χ0) is 17.9. The third-order valence-electron chi connectivity index (χ3n) is 4.18. The Morgan fingerprint density at radius 2 is 2.12 bits per heavy atom. The Balaban J connectivity index is 2.24. The number of amides is 1. The second-order valence-corrected chi connectivity index (χ2v) is 6.86. The molecule has 1 fully saturated rings. The molecule has 2 unspecified atom stereocenters. The minimum Gasteiger partial charge on any atom is -0.465 e. The molecule has 2 heterocycles. The van der Waals surface area contributed by atoms with Gasteiger partial charge in [0.25, 0.3) is 0 Å². The van der Waals surface area contributed by atoms with E-state index in [0.717, 1.165) is 12.8 Å². The fraction of sp³-hybridized carbons (Fsp3) is 0.706. The predicted octanol–water partition coefficient (Wildman–Crippen LogP) is 1.74. The Hall–Kier alpha value is -1.89. The molecule has 1 N–H and O–H groups in total. The molecule has 1 aliphatic heterocycles. The van der Waals surface area contributed by atoms with Crippen LogP contribution in [0.3, 0.4) is 0 Å². The fourth-order valence-electron chi connectivity index (χ4n) is 3.11. The van der Waals surface area contributed by atoms with Crippen molar-refractivity contribution >= 4 is 17.6 Å². The van der Waals surface area contributed by atoms with E-state index in [9.17, 15) is 14.7 Å². The highest BCUT2D eigenvalue weighted by Crippen LogP contribution is 2.31. The summed E-state index contributed by atoms with van der Waals surface area (Å²) in [5.74, 6) is -1.43. The van der Waals surface area contributed by atoms with Crippen molar-refractivity contribution in [2.75, 3.05) is 11.5 Å². The Morgan fingerprint density at radius 3 is 2.71 bits per heavy atom. The molecule has 2 atom stereocenters. The van der Waals surface area contributed by atoms with Crippen LogP contribution in [-0.4, -0.2) is 45.0 Å². The lowest BCUT2D eigenvalue weighted by Gasteiger charge is -2.37. The van der Waals surface area contributed by atoms with E-state index in [2.05, 4.69) is 5.10 Å². The number of rotatable bonds is 6. The zero-order valence-electron chi connectivity index (χ0n) is 14.9. The largest absolute Gasteiger partial charge is 0.465 e. The van der Waals surface area contributed by atoms with Crippen molar-refractivity contribution in [1.29, 1.82) is 0 Å². The van der Waals surface area contributed by atoms with E-state index in [1.54, 1.807) is 42.7 Å². The Morgan fingerprint density at radius 1 is 1.42 bits per heavy atom. The zero-order valence-corrected chi connectivity index (χ0v) is 14.9. The molecule has 0 radical (unpaired) electrons. The summed E-state index contributed by atoms with van der Waals surface area (Å²) in [6.45, 7) is 7.75. The summed E-state index contributed by atoms with van der Waals surface area (Å²) >= 11 is 0. The summed E-state index contributed by atoms with van der Waals surface area (Å²) in [5.41, 5.74) is -0.239. The van der Waals surface area contributed by atoms with Gasteiger partial charge in [0.15, 0.2) is 0 Å². The molecule has 1 aliphatic rings. The van der Waals surface area contributed by atoms with E-state index >= 15 is 0 Å². The Bertz CT molecular complexity index is 591. The van der Waals surface area contributed by atoms with Crippen LogP contribution in [0.5, 0.6) is 0 Å². The minimum absolute atomic E-state index is 0.0444. The van der Waals surface area contributed by atoms with Gasteiger partial charge in [-0.2, -0.15) is 5.10 Å². The maximum Gasteiger partial charge on any atom is 0.318 e. The second kappa shape index (κ2) is 7.34. The van der Waals surface area contributed by atoms with Crippen LogP contribution in [0, 0.1) is 5.92 Å². The number of aliphatic hydroxyl groups is 1. The van der Waals surface area contributed by atoms with Crippen molar-refractivity contribution in [1.82, 2.24) is 9.78 Å². The van der Waals surface area contributed by atoms with Crippen molar-refractivity contribution in [3.05, 3.63) is 12.4 Å². The van der Waals surface area contributed by atoms with Crippen molar-refractivity contribution in [3.8, 4) is 0 Å². The standard InChI is InChI=1S/C17H27N3O4/c1-5-12-7-8-14(16(22)24-6-2)15(21)20(12)13-9-18-19(10-13)11-17(3,4)23/h9-10,12,14,23H,5-8,11H2,1-4H3. The molecule has 134 valence electrons. The summed E-state index contributed by atoms with van der Waals surface area (Å²) in [7, 11) is 0. The van der Waals surface area contributed by atoms with Gasteiger partial charge in [-0.05, 0) is 40.0 Å². The molecule has 1 saturated heterocycles. The number of anilines is 1. The van der Waals surface area contributed by atoms with Gasteiger partial charge in [-0.1, -0.05) is 6.92 Å². The molecule has 1 aromatic rings. The monoisotopic (exact) mass is 337 g/mol.